The van der Waals surface area contributed by atoms with E-state index in [1.54, 1.807) is 24.1 Å². The summed E-state index contributed by atoms with van der Waals surface area (Å²) in [5.41, 5.74) is 0.875. The summed E-state index contributed by atoms with van der Waals surface area (Å²) >= 11 is 7.48. The van der Waals surface area contributed by atoms with Crippen molar-refractivity contribution >= 4 is 34.8 Å². The fourth-order valence-electron chi connectivity index (χ4n) is 1.90. The standard InChI is InChI=1S/C16H17ClN2O2S/c1-11-7-8-14(22-11)16(21)18-9-15(20)19(2)10-12-5-3-4-6-13(12)17/h3-8H,9-10H2,1-2H3,(H,18,21). The van der Waals surface area contributed by atoms with Crippen molar-refractivity contribution < 1.29 is 9.59 Å². The van der Waals surface area contributed by atoms with Crippen molar-refractivity contribution in [2.45, 2.75) is 13.5 Å². The zero-order valence-electron chi connectivity index (χ0n) is 12.4. The van der Waals surface area contributed by atoms with Crippen molar-refractivity contribution in [3.8, 4) is 0 Å². The van der Waals surface area contributed by atoms with E-state index in [1.807, 2.05) is 31.2 Å². The topological polar surface area (TPSA) is 49.4 Å². The number of benzene rings is 1. The summed E-state index contributed by atoms with van der Waals surface area (Å²) in [5, 5.41) is 3.27. The first-order chi connectivity index (χ1) is 10.5. The second kappa shape index (κ2) is 7.42. The Morgan fingerprint density at radius 3 is 2.59 bits per heavy atom. The van der Waals surface area contributed by atoms with Crippen LogP contribution in [0.2, 0.25) is 5.02 Å². The van der Waals surface area contributed by atoms with Crippen LogP contribution in [0.1, 0.15) is 20.1 Å². The molecule has 116 valence electrons. The highest BCUT2D eigenvalue weighted by molar-refractivity contribution is 7.13. The van der Waals surface area contributed by atoms with Crippen molar-refractivity contribution in [2.75, 3.05) is 13.6 Å². The Morgan fingerprint density at radius 2 is 1.95 bits per heavy atom. The van der Waals surface area contributed by atoms with Crippen LogP contribution >= 0.6 is 22.9 Å². The summed E-state index contributed by atoms with van der Waals surface area (Å²) in [6.07, 6.45) is 0. The maximum absolute atomic E-state index is 12.1. The number of thiophene rings is 1. The monoisotopic (exact) mass is 336 g/mol. The fourth-order valence-corrected chi connectivity index (χ4v) is 2.88. The van der Waals surface area contributed by atoms with E-state index in [0.29, 0.717) is 16.4 Å². The number of amides is 2. The molecule has 0 atom stereocenters. The van der Waals surface area contributed by atoms with Crippen molar-refractivity contribution in [1.29, 1.82) is 0 Å². The van der Waals surface area contributed by atoms with E-state index in [2.05, 4.69) is 5.32 Å². The van der Waals surface area contributed by atoms with Gasteiger partial charge in [0.1, 0.15) is 0 Å². The van der Waals surface area contributed by atoms with Crippen molar-refractivity contribution in [1.82, 2.24) is 10.2 Å². The van der Waals surface area contributed by atoms with Gasteiger partial charge in [-0.3, -0.25) is 9.59 Å². The molecule has 1 N–H and O–H groups in total. The lowest BCUT2D eigenvalue weighted by atomic mass is 10.2. The molecule has 0 spiro atoms. The van der Waals surface area contributed by atoms with Gasteiger partial charge in [-0.2, -0.15) is 0 Å². The van der Waals surface area contributed by atoms with Gasteiger partial charge in [-0.1, -0.05) is 29.8 Å². The van der Waals surface area contributed by atoms with Gasteiger partial charge in [0.2, 0.25) is 5.91 Å². The summed E-state index contributed by atoms with van der Waals surface area (Å²) in [6.45, 7) is 2.31. The van der Waals surface area contributed by atoms with Gasteiger partial charge in [-0.05, 0) is 30.7 Å². The van der Waals surface area contributed by atoms with Gasteiger partial charge in [0, 0.05) is 23.5 Å². The third-order valence-electron chi connectivity index (χ3n) is 3.16. The minimum absolute atomic E-state index is 0.0310. The maximum Gasteiger partial charge on any atom is 0.261 e. The zero-order valence-corrected chi connectivity index (χ0v) is 14.0. The molecule has 0 aliphatic rings. The molecule has 1 aromatic heterocycles. The van der Waals surface area contributed by atoms with Crippen LogP contribution in [0.15, 0.2) is 36.4 Å². The summed E-state index contributed by atoms with van der Waals surface area (Å²) in [6, 6.07) is 11.0. The third kappa shape index (κ3) is 4.32. The van der Waals surface area contributed by atoms with E-state index < -0.39 is 0 Å². The van der Waals surface area contributed by atoms with Gasteiger partial charge >= 0.3 is 0 Å². The minimum Gasteiger partial charge on any atom is -0.342 e. The molecule has 22 heavy (non-hydrogen) atoms. The summed E-state index contributed by atoms with van der Waals surface area (Å²) in [7, 11) is 1.69. The Labute approximate surface area is 138 Å². The van der Waals surface area contributed by atoms with E-state index in [-0.39, 0.29) is 18.4 Å². The van der Waals surface area contributed by atoms with Crippen molar-refractivity contribution in [3.63, 3.8) is 0 Å². The quantitative estimate of drug-likeness (QED) is 0.912. The first kappa shape index (κ1) is 16.5. The molecule has 0 aliphatic carbocycles. The highest BCUT2D eigenvalue weighted by Crippen LogP contribution is 2.16. The highest BCUT2D eigenvalue weighted by atomic mass is 35.5. The molecule has 0 saturated heterocycles. The predicted octanol–water partition coefficient (Wildman–Crippen LogP) is 3.10. The molecular formula is C16H17ClN2O2S. The van der Waals surface area contributed by atoms with Crippen LogP contribution in [-0.2, 0) is 11.3 Å². The molecule has 2 rings (SSSR count). The average Bonchev–Trinajstić information content (AvgIpc) is 2.93. The second-order valence-corrected chi connectivity index (χ2v) is 6.63. The molecule has 6 heteroatoms. The normalized spacial score (nSPS) is 10.3. The second-order valence-electron chi connectivity index (χ2n) is 4.93. The smallest absolute Gasteiger partial charge is 0.261 e. The van der Waals surface area contributed by atoms with Gasteiger partial charge < -0.3 is 10.2 Å². The Kier molecular flexibility index (Phi) is 5.57. The van der Waals surface area contributed by atoms with Gasteiger partial charge in [0.25, 0.3) is 5.91 Å². The van der Waals surface area contributed by atoms with Crippen LogP contribution in [0.5, 0.6) is 0 Å². The lowest BCUT2D eigenvalue weighted by Gasteiger charge is -2.18. The molecule has 2 amide bonds. The minimum atomic E-state index is -0.224. The number of likely N-dealkylation sites (N-methyl/N-ethyl adjacent to an activating group) is 1. The van der Waals surface area contributed by atoms with Crippen LogP contribution < -0.4 is 5.32 Å². The first-order valence-electron chi connectivity index (χ1n) is 6.79. The number of aryl methyl sites for hydroxylation is 1. The van der Waals surface area contributed by atoms with Crippen LogP contribution in [-0.4, -0.2) is 30.3 Å². The predicted molar refractivity (Wildman–Crippen MR) is 89.3 cm³/mol. The number of carbonyl (C=O) groups excluding carboxylic acids is 2. The molecule has 0 aliphatic heterocycles. The fraction of sp³-hybridized carbons (Fsp3) is 0.250. The SMILES string of the molecule is Cc1ccc(C(=O)NCC(=O)N(C)Cc2ccccc2Cl)s1. The maximum atomic E-state index is 12.1. The van der Waals surface area contributed by atoms with Crippen LogP contribution in [0.4, 0.5) is 0 Å². The van der Waals surface area contributed by atoms with E-state index in [1.165, 1.54) is 11.3 Å². The van der Waals surface area contributed by atoms with Gasteiger partial charge in [-0.25, -0.2) is 0 Å². The number of carbonyl (C=O) groups is 2. The Hall–Kier alpha value is -1.85. The van der Waals surface area contributed by atoms with E-state index in [0.717, 1.165) is 10.4 Å². The van der Waals surface area contributed by atoms with Crippen molar-refractivity contribution in [2.24, 2.45) is 0 Å². The molecule has 2 aromatic rings. The largest absolute Gasteiger partial charge is 0.342 e. The molecule has 4 nitrogen and oxygen atoms in total. The summed E-state index contributed by atoms with van der Waals surface area (Å²) in [4.78, 5) is 27.2. The molecule has 0 saturated carbocycles. The molecular weight excluding hydrogens is 320 g/mol. The highest BCUT2D eigenvalue weighted by Gasteiger charge is 2.14. The average molecular weight is 337 g/mol. The number of nitrogens with zero attached hydrogens (tertiary/aromatic N) is 1. The summed E-state index contributed by atoms with van der Waals surface area (Å²) in [5.74, 6) is -0.390. The van der Waals surface area contributed by atoms with E-state index in [4.69, 9.17) is 11.6 Å². The van der Waals surface area contributed by atoms with Gasteiger partial charge in [-0.15, -0.1) is 11.3 Å². The van der Waals surface area contributed by atoms with E-state index in [9.17, 15) is 9.59 Å². The first-order valence-corrected chi connectivity index (χ1v) is 7.99. The third-order valence-corrected chi connectivity index (χ3v) is 4.52. The van der Waals surface area contributed by atoms with Crippen LogP contribution in [0.3, 0.4) is 0 Å². The summed E-state index contributed by atoms with van der Waals surface area (Å²) < 4.78 is 0. The lowest BCUT2D eigenvalue weighted by Crippen LogP contribution is -2.37. The van der Waals surface area contributed by atoms with Gasteiger partial charge in [0.15, 0.2) is 0 Å². The zero-order chi connectivity index (χ0) is 16.1. The Morgan fingerprint density at radius 1 is 1.23 bits per heavy atom. The van der Waals surface area contributed by atoms with Crippen LogP contribution in [0.25, 0.3) is 0 Å². The molecule has 0 bridgehead atoms. The van der Waals surface area contributed by atoms with Crippen LogP contribution in [0, 0.1) is 6.92 Å². The van der Waals surface area contributed by atoms with Crippen molar-refractivity contribution in [3.05, 3.63) is 56.7 Å². The Balaban J connectivity index is 1.86. The lowest BCUT2D eigenvalue weighted by molar-refractivity contribution is -0.129. The number of hydrogen-bond donors (Lipinski definition) is 1. The number of nitrogens with one attached hydrogen (secondary N) is 1. The molecule has 0 fully saturated rings. The molecule has 1 heterocycles. The molecule has 1 aromatic carbocycles. The molecule has 0 radical (unpaired) electrons. The number of rotatable bonds is 5. The number of hydrogen-bond acceptors (Lipinski definition) is 3. The Bertz CT molecular complexity index is 684. The molecule has 0 unspecified atom stereocenters. The number of halogens is 1. The van der Waals surface area contributed by atoms with E-state index >= 15 is 0 Å². The van der Waals surface area contributed by atoms with Gasteiger partial charge in [0.05, 0.1) is 11.4 Å².